The molecule has 1 atom stereocenters. The van der Waals surface area contributed by atoms with E-state index in [0.29, 0.717) is 35.4 Å². The Morgan fingerprint density at radius 1 is 1.47 bits per heavy atom. The highest BCUT2D eigenvalue weighted by atomic mass is 79.9. The number of ether oxygens (including phenoxy) is 1. The molecule has 2 rings (SSSR count). The van der Waals surface area contributed by atoms with Gasteiger partial charge in [-0.3, -0.25) is 4.79 Å². The van der Waals surface area contributed by atoms with Crippen LogP contribution < -0.4 is 10.6 Å². The molecular formula is C12H13BrCl2N2O2. The number of amides is 1. The van der Waals surface area contributed by atoms with Crippen LogP contribution in [0.1, 0.15) is 6.42 Å². The second kappa shape index (κ2) is 6.90. The number of morpholine rings is 1. The molecule has 1 unspecified atom stereocenters. The third-order valence-electron chi connectivity index (χ3n) is 2.70. The fourth-order valence-electron chi connectivity index (χ4n) is 1.83. The van der Waals surface area contributed by atoms with Crippen LogP contribution >= 0.6 is 39.1 Å². The van der Waals surface area contributed by atoms with Gasteiger partial charge in [-0.1, -0.05) is 39.1 Å². The molecule has 4 nitrogen and oxygen atoms in total. The summed E-state index contributed by atoms with van der Waals surface area (Å²) in [5, 5.41) is 6.76. The monoisotopic (exact) mass is 366 g/mol. The molecule has 1 aromatic rings. The van der Waals surface area contributed by atoms with Crippen LogP contribution in [-0.4, -0.2) is 31.7 Å². The van der Waals surface area contributed by atoms with Gasteiger partial charge >= 0.3 is 0 Å². The molecule has 1 aromatic carbocycles. The molecule has 0 spiro atoms. The Balaban J connectivity index is 1.98. The van der Waals surface area contributed by atoms with Crippen LogP contribution in [-0.2, 0) is 9.53 Å². The topological polar surface area (TPSA) is 50.4 Å². The van der Waals surface area contributed by atoms with Crippen molar-refractivity contribution in [2.24, 2.45) is 0 Å². The predicted octanol–water partition coefficient (Wildman–Crippen LogP) is 3.07. The standard InChI is InChI=1S/C12H13BrCl2N2O2/c13-7-3-9(14)12(10(15)4-7)17-11(18)5-8-6-19-2-1-16-8/h3-4,8,16H,1-2,5-6H2,(H,17,18). The van der Waals surface area contributed by atoms with E-state index in [9.17, 15) is 4.79 Å². The lowest BCUT2D eigenvalue weighted by Gasteiger charge is -2.23. The first-order valence-corrected chi connectivity index (χ1v) is 7.36. The van der Waals surface area contributed by atoms with E-state index in [1.807, 2.05) is 0 Å². The molecule has 0 aromatic heterocycles. The maximum absolute atomic E-state index is 11.9. The molecule has 2 N–H and O–H groups in total. The Hall–Kier alpha value is -0.330. The summed E-state index contributed by atoms with van der Waals surface area (Å²) < 4.78 is 6.06. The third-order valence-corrected chi connectivity index (χ3v) is 3.76. The molecule has 1 heterocycles. The van der Waals surface area contributed by atoms with Gasteiger partial charge in [0.25, 0.3) is 0 Å². The number of hydrogen-bond acceptors (Lipinski definition) is 3. The van der Waals surface area contributed by atoms with E-state index < -0.39 is 0 Å². The molecule has 19 heavy (non-hydrogen) atoms. The highest BCUT2D eigenvalue weighted by Crippen LogP contribution is 2.33. The van der Waals surface area contributed by atoms with Crippen molar-refractivity contribution in [1.29, 1.82) is 0 Å². The second-order valence-corrected chi connectivity index (χ2v) is 5.95. The highest BCUT2D eigenvalue weighted by Gasteiger charge is 2.18. The van der Waals surface area contributed by atoms with E-state index in [1.165, 1.54) is 0 Å². The number of nitrogens with one attached hydrogen (secondary N) is 2. The summed E-state index contributed by atoms with van der Waals surface area (Å²) in [6.07, 6.45) is 0.322. The average Bonchev–Trinajstić information content (AvgIpc) is 2.35. The van der Waals surface area contributed by atoms with E-state index in [4.69, 9.17) is 27.9 Å². The van der Waals surface area contributed by atoms with E-state index in [0.717, 1.165) is 11.0 Å². The molecule has 7 heteroatoms. The largest absolute Gasteiger partial charge is 0.378 e. The first-order valence-electron chi connectivity index (χ1n) is 5.82. The quantitative estimate of drug-likeness (QED) is 0.863. The van der Waals surface area contributed by atoms with Gasteiger partial charge in [-0.25, -0.2) is 0 Å². The SMILES string of the molecule is O=C(CC1COCCN1)Nc1c(Cl)cc(Br)cc1Cl. The lowest BCUT2D eigenvalue weighted by molar-refractivity contribution is -0.117. The summed E-state index contributed by atoms with van der Waals surface area (Å²) in [5.74, 6) is -0.144. The summed E-state index contributed by atoms with van der Waals surface area (Å²) in [6.45, 7) is 1.98. The van der Waals surface area contributed by atoms with Gasteiger partial charge in [0.15, 0.2) is 0 Å². The first kappa shape index (κ1) is 15.1. The zero-order chi connectivity index (χ0) is 13.8. The van der Waals surface area contributed by atoms with Crippen molar-refractivity contribution in [3.8, 4) is 0 Å². The van der Waals surface area contributed by atoms with Crippen LogP contribution in [0.3, 0.4) is 0 Å². The Morgan fingerprint density at radius 3 is 2.74 bits per heavy atom. The lowest BCUT2D eigenvalue weighted by atomic mass is 10.2. The Morgan fingerprint density at radius 2 is 2.16 bits per heavy atom. The smallest absolute Gasteiger partial charge is 0.226 e. The van der Waals surface area contributed by atoms with Gasteiger partial charge in [0, 0.05) is 23.5 Å². The predicted molar refractivity (Wildman–Crippen MR) is 80.0 cm³/mol. The fraction of sp³-hybridized carbons (Fsp3) is 0.417. The molecule has 1 aliphatic rings. The van der Waals surface area contributed by atoms with Crippen molar-refractivity contribution in [1.82, 2.24) is 5.32 Å². The number of anilines is 1. The van der Waals surface area contributed by atoms with E-state index >= 15 is 0 Å². The van der Waals surface area contributed by atoms with Crippen LogP contribution in [0.15, 0.2) is 16.6 Å². The molecule has 1 amide bonds. The van der Waals surface area contributed by atoms with Gasteiger partial charge in [0.05, 0.1) is 28.9 Å². The second-order valence-electron chi connectivity index (χ2n) is 4.22. The molecule has 1 aliphatic heterocycles. The average molecular weight is 368 g/mol. The minimum absolute atomic E-state index is 0.0294. The van der Waals surface area contributed by atoms with Gasteiger partial charge in [-0.05, 0) is 12.1 Å². The molecule has 0 radical (unpaired) electrons. The van der Waals surface area contributed by atoms with Crippen molar-refractivity contribution in [3.63, 3.8) is 0 Å². The van der Waals surface area contributed by atoms with E-state index in [-0.39, 0.29) is 11.9 Å². The van der Waals surface area contributed by atoms with Crippen molar-refractivity contribution >= 4 is 50.7 Å². The molecule has 0 saturated carbocycles. The number of hydrogen-bond donors (Lipinski definition) is 2. The fourth-order valence-corrected chi connectivity index (χ4v) is 3.13. The summed E-state index contributed by atoms with van der Waals surface area (Å²) in [4.78, 5) is 11.9. The van der Waals surface area contributed by atoms with Crippen molar-refractivity contribution in [2.45, 2.75) is 12.5 Å². The van der Waals surface area contributed by atoms with Crippen LogP contribution in [0.2, 0.25) is 10.0 Å². The van der Waals surface area contributed by atoms with Crippen LogP contribution in [0.4, 0.5) is 5.69 Å². The Kier molecular flexibility index (Phi) is 5.47. The highest BCUT2D eigenvalue weighted by molar-refractivity contribution is 9.10. The minimum Gasteiger partial charge on any atom is -0.378 e. The maximum Gasteiger partial charge on any atom is 0.226 e. The summed E-state index contributed by atoms with van der Waals surface area (Å²) in [7, 11) is 0. The van der Waals surface area contributed by atoms with E-state index in [1.54, 1.807) is 12.1 Å². The Bertz CT molecular complexity index is 456. The van der Waals surface area contributed by atoms with Crippen molar-refractivity contribution in [2.75, 3.05) is 25.1 Å². The number of carbonyl (C=O) groups is 1. The maximum atomic E-state index is 11.9. The van der Waals surface area contributed by atoms with Crippen LogP contribution in [0.25, 0.3) is 0 Å². The minimum atomic E-state index is -0.144. The van der Waals surface area contributed by atoms with Crippen molar-refractivity contribution in [3.05, 3.63) is 26.7 Å². The van der Waals surface area contributed by atoms with Gasteiger partial charge in [-0.2, -0.15) is 0 Å². The van der Waals surface area contributed by atoms with E-state index in [2.05, 4.69) is 26.6 Å². The molecule has 1 fully saturated rings. The third kappa shape index (κ3) is 4.33. The van der Waals surface area contributed by atoms with Crippen LogP contribution in [0.5, 0.6) is 0 Å². The number of benzene rings is 1. The zero-order valence-corrected chi connectivity index (χ0v) is 13.1. The molecule has 0 aliphatic carbocycles. The summed E-state index contributed by atoms with van der Waals surface area (Å²) in [5.41, 5.74) is 0.438. The molecular weight excluding hydrogens is 355 g/mol. The van der Waals surface area contributed by atoms with Gasteiger partial charge in [0.1, 0.15) is 0 Å². The molecule has 104 valence electrons. The lowest BCUT2D eigenvalue weighted by Crippen LogP contribution is -2.43. The molecule has 0 bridgehead atoms. The zero-order valence-electron chi connectivity index (χ0n) is 10.0. The number of rotatable bonds is 3. The van der Waals surface area contributed by atoms with Gasteiger partial charge in [0.2, 0.25) is 5.91 Å². The Labute approximate surface area is 129 Å². The summed E-state index contributed by atoms with van der Waals surface area (Å²) >= 11 is 15.4. The van der Waals surface area contributed by atoms with Crippen LogP contribution in [0, 0.1) is 0 Å². The first-order chi connectivity index (χ1) is 9.06. The summed E-state index contributed by atoms with van der Waals surface area (Å²) in [6, 6.07) is 3.40. The van der Waals surface area contributed by atoms with Crippen molar-refractivity contribution < 1.29 is 9.53 Å². The number of halogens is 3. The normalized spacial score (nSPS) is 19.2. The van der Waals surface area contributed by atoms with Gasteiger partial charge in [-0.15, -0.1) is 0 Å². The molecule has 1 saturated heterocycles. The number of carbonyl (C=O) groups excluding carboxylic acids is 1. The van der Waals surface area contributed by atoms with Gasteiger partial charge < -0.3 is 15.4 Å².